The second kappa shape index (κ2) is 34.0. The van der Waals surface area contributed by atoms with Gasteiger partial charge in [0.1, 0.15) is 36.3 Å². The van der Waals surface area contributed by atoms with Crippen LogP contribution in [0.3, 0.4) is 0 Å². The van der Waals surface area contributed by atoms with Crippen molar-refractivity contribution in [1.82, 2.24) is 31.9 Å². The smallest absolute Gasteiger partial charge is 0.329 e. The highest BCUT2D eigenvalue weighted by Gasteiger charge is 2.44. The largest absolute Gasteiger partial charge is 0.450 e. The van der Waals surface area contributed by atoms with Crippen LogP contribution in [0.5, 0.6) is 0 Å². The maximum atomic E-state index is 14.1. The number of hydrogen-bond acceptors (Lipinski definition) is 18. The molecular weight excluding hydrogens is 1090 g/mol. The fourth-order valence-corrected chi connectivity index (χ4v) is 8.54. The fourth-order valence-electron chi connectivity index (χ4n) is 8.54. The summed E-state index contributed by atoms with van der Waals surface area (Å²) in [5, 5.41) is 15.6. The monoisotopic (exact) mass is 1190 g/mol. The molecule has 0 saturated carbocycles. The zero-order valence-electron chi connectivity index (χ0n) is 54.2. The average molecular weight is 1200 g/mol. The van der Waals surface area contributed by atoms with Crippen LogP contribution >= 0.6 is 0 Å². The first-order chi connectivity index (χ1) is 38.6. The summed E-state index contributed by atoms with van der Waals surface area (Å²) in [6.07, 6.45) is -9.25. The van der Waals surface area contributed by atoms with E-state index in [-0.39, 0.29) is 0 Å². The normalized spacial score (nSPS) is 27.9. The van der Waals surface area contributed by atoms with Gasteiger partial charge in [0, 0.05) is 0 Å². The lowest BCUT2D eigenvalue weighted by atomic mass is 9.99. The van der Waals surface area contributed by atoms with Crippen LogP contribution in [-0.2, 0) is 86.0 Å². The van der Waals surface area contributed by atoms with Gasteiger partial charge in [-0.2, -0.15) is 0 Å². The van der Waals surface area contributed by atoms with Gasteiger partial charge in [0.15, 0.2) is 36.6 Å². The van der Waals surface area contributed by atoms with Gasteiger partial charge in [-0.3, -0.25) is 28.8 Å². The van der Waals surface area contributed by atoms with Crippen molar-refractivity contribution in [3.05, 3.63) is 0 Å². The number of ether oxygens (including phenoxy) is 6. The van der Waals surface area contributed by atoms with Crippen LogP contribution in [0, 0.1) is 71.0 Å². The summed E-state index contributed by atoms with van der Waals surface area (Å²) in [5.41, 5.74) is 0. The zero-order chi connectivity index (χ0) is 65.3. The second-order valence-electron chi connectivity index (χ2n) is 26.0. The van der Waals surface area contributed by atoms with E-state index >= 15 is 0 Å². The average Bonchev–Trinajstić information content (AvgIpc) is 3.59. The van der Waals surface area contributed by atoms with Gasteiger partial charge in [0.05, 0.1) is 0 Å². The summed E-state index contributed by atoms with van der Waals surface area (Å²) < 4.78 is 34.7. The predicted octanol–water partition coefficient (Wildman–Crippen LogP) is 4.25. The Morgan fingerprint density at radius 1 is 0.190 bits per heavy atom. The molecule has 12 unspecified atom stereocenters. The van der Waals surface area contributed by atoms with Gasteiger partial charge < -0.3 is 60.3 Å². The van der Waals surface area contributed by atoms with Crippen molar-refractivity contribution in [2.24, 2.45) is 71.0 Å². The van der Waals surface area contributed by atoms with Crippen LogP contribution in [0.25, 0.3) is 0 Å². The van der Waals surface area contributed by atoms with E-state index in [9.17, 15) is 57.5 Å². The number of carbonyl (C=O) groups excluding carboxylic acids is 12. The van der Waals surface area contributed by atoms with Crippen LogP contribution in [0.2, 0.25) is 0 Å². The lowest BCUT2D eigenvalue weighted by molar-refractivity contribution is -0.169. The van der Waals surface area contributed by atoms with E-state index in [0.29, 0.717) is 0 Å². The maximum Gasteiger partial charge on any atom is 0.329 e. The molecule has 0 bridgehead atoms. The minimum absolute atomic E-state index is 0.661. The molecule has 1 rings (SSSR count). The summed E-state index contributed by atoms with van der Waals surface area (Å²) in [6.45, 7) is 38.3. The SMILES string of the molecule is CC(C)C1NC(=O)C(C(C)C)OC(=O)C(C(C)C)NC(=O)C(C(C)C)OC(=O)C(C(C)C)NC(=O)C(C(C)C)OC(=O)C(C(C)C)NC(=O)C(C(C)C)OC(=O)C(C(C)C)NC(=O)C(C(C)C)OC(=O)C(C(C)C)NC(=O)C(C(C)C)OC1=O. The van der Waals surface area contributed by atoms with Crippen molar-refractivity contribution < 1.29 is 86.0 Å². The van der Waals surface area contributed by atoms with Crippen LogP contribution in [0.4, 0.5) is 0 Å². The van der Waals surface area contributed by atoms with E-state index in [1.807, 2.05) is 0 Å². The molecule has 1 saturated heterocycles. The van der Waals surface area contributed by atoms with Crippen LogP contribution in [0.15, 0.2) is 0 Å². The van der Waals surface area contributed by atoms with E-state index in [2.05, 4.69) is 31.9 Å². The minimum Gasteiger partial charge on any atom is -0.450 e. The number of carbonyl (C=O) groups is 12. The molecule has 1 aliphatic heterocycles. The van der Waals surface area contributed by atoms with Gasteiger partial charge in [0.2, 0.25) is 0 Å². The van der Waals surface area contributed by atoms with Crippen molar-refractivity contribution in [3.63, 3.8) is 0 Å². The Morgan fingerprint density at radius 2 is 0.286 bits per heavy atom. The third kappa shape index (κ3) is 22.2. The molecule has 12 atom stereocenters. The number of rotatable bonds is 12. The Labute approximate surface area is 497 Å². The summed E-state index contributed by atoms with van der Waals surface area (Å²) in [5.74, 6) is -19.8. The molecule has 0 spiro atoms. The molecule has 1 aliphatic rings. The van der Waals surface area contributed by atoms with Crippen molar-refractivity contribution >= 4 is 71.3 Å². The van der Waals surface area contributed by atoms with E-state index < -0.39 is 215 Å². The standard InChI is InChI=1S/C60H102N6O18/c1-25(2)37-55(73)79-44(32(15)16)50(68)62-39(27(5)6)57(75)81-46(34(19)20)52(70)64-41(29(9)10)59(77)83-48(36(23)24)54(72)66-42(30(11)12)60(78)84-47(35(21)22)53(71)65-40(28(7)8)58(76)82-45(33(17)18)51(69)63-38(26(3)4)56(74)80-43(31(13)14)49(67)61-37/h25-48H,1-24H3,(H,61,67)(H,62,68)(H,63,69)(H,64,70)(H,65,71)(H,66,72). The highest BCUT2D eigenvalue weighted by Crippen LogP contribution is 2.22. The van der Waals surface area contributed by atoms with E-state index in [1.54, 1.807) is 166 Å². The molecule has 6 N–H and O–H groups in total. The zero-order valence-corrected chi connectivity index (χ0v) is 54.2. The van der Waals surface area contributed by atoms with Crippen molar-refractivity contribution in [2.45, 2.75) is 239 Å². The molecule has 1 heterocycles. The Morgan fingerprint density at radius 3 is 0.357 bits per heavy atom. The van der Waals surface area contributed by atoms with Crippen LogP contribution in [-0.4, -0.2) is 144 Å². The molecule has 84 heavy (non-hydrogen) atoms. The molecule has 1 fully saturated rings. The molecule has 6 amide bonds. The molecule has 0 aromatic rings. The first-order valence-corrected chi connectivity index (χ1v) is 29.6. The highest BCUT2D eigenvalue weighted by atomic mass is 16.6. The van der Waals surface area contributed by atoms with E-state index in [0.717, 1.165) is 0 Å². The van der Waals surface area contributed by atoms with Crippen molar-refractivity contribution in [2.75, 3.05) is 0 Å². The summed E-state index contributed by atoms with van der Waals surface area (Å²) in [6, 6.07) is -8.47. The number of cyclic esters (lactones) is 6. The summed E-state index contributed by atoms with van der Waals surface area (Å²) in [4.78, 5) is 169. The van der Waals surface area contributed by atoms with E-state index in [4.69, 9.17) is 28.4 Å². The van der Waals surface area contributed by atoms with Gasteiger partial charge in [-0.15, -0.1) is 0 Å². The fraction of sp³-hybridized carbons (Fsp3) is 0.800. The number of amides is 6. The van der Waals surface area contributed by atoms with Gasteiger partial charge in [-0.05, 0) is 71.0 Å². The predicted molar refractivity (Wildman–Crippen MR) is 309 cm³/mol. The van der Waals surface area contributed by atoms with Crippen LogP contribution in [0.1, 0.15) is 166 Å². The van der Waals surface area contributed by atoms with Gasteiger partial charge in [0.25, 0.3) is 35.4 Å². The van der Waals surface area contributed by atoms with Gasteiger partial charge >= 0.3 is 35.8 Å². The third-order valence-electron chi connectivity index (χ3n) is 14.0. The molecule has 0 radical (unpaired) electrons. The van der Waals surface area contributed by atoms with Gasteiger partial charge in [-0.1, -0.05) is 166 Å². The van der Waals surface area contributed by atoms with Gasteiger partial charge in [-0.25, -0.2) is 28.8 Å². The third-order valence-corrected chi connectivity index (χ3v) is 14.0. The van der Waals surface area contributed by atoms with E-state index in [1.165, 1.54) is 0 Å². The molecule has 0 aromatic carbocycles. The topological polar surface area (TPSA) is 332 Å². The quantitative estimate of drug-likeness (QED) is 0.117. The Bertz CT molecular complexity index is 1730. The number of hydrogen-bond donors (Lipinski definition) is 6. The first kappa shape index (κ1) is 75.7. The van der Waals surface area contributed by atoms with Crippen molar-refractivity contribution in [1.29, 1.82) is 0 Å². The maximum absolute atomic E-state index is 14.1. The Kier molecular flexibility index (Phi) is 30.6. The summed E-state index contributed by atoms with van der Waals surface area (Å²) in [7, 11) is 0. The molecule has 24 nitrogen and oxygen atoms in total. The lowest BCUT2D eigenvalue weighted by Crippen LogP contribution is -2.57. The lowest BCUT2D eigenvalue weighted by Gasteiger charge is -2.32. The highest BCUT2D eigenvalue weighted by molar-refractivity contribution is 5.96. The summed E-state index contributed by atoms with van der Waals surface area (Å²) >= 11 is 0. The second-order valence-corrected chi connectivity index (χ2v) is 26.0. The molecule has 24 heteroatoms. The Balaban J connectivity index is 4.10. The minimum atomic E-state index is -1.54. The molecule has 0 aliphatic carbocycles. The molecular formula is C60H102N6O18. The van der Waals surface area contributed by atoms with Crippen LogP contribution < -0.4 is 31.9 Å². The Hall–Kier alpha value is -6.36. The number of nitrogens with one attached hydrogen (secondary N) is 6. The molecule has 0 aromatic heterocycles. The van der Waals surface area contributed by atoms with Crippen molar-refractivity contribution in [3.8, 4) is 0 Å². The number of esters is 6. The molecule has 480 valence electrons. The first-order valence-electron chi connectivity index (χ1n) is 29.6.